The summed E-state index contributed by atoms with van der Waals surface area (Å²) in [6.07, 6.45) is 3.10. The highest BCUT2D eigenvalue weighted by Gasteiger charge is 2.24. The molecule has 8 nitrogen and oxygen atoms in total. The third kappa shape index (κ3) is 8.70. The second kappa shape index (κ2) is 16.8. The van der Waals surface area contributed by atoms with Crippen LogP contribution in [0.2, 0.25) is 0 Å². The fourth-order valence-corrected chi connectivity index (χ4v) is 7.13. The highest BCUT2D eigenvalue weighted by molar-refractivity contribution is 8.13. The van der Waals surface area contributed by atoms with Gasteiger partial charge in [0.05, 0.1) is 22.6 Å². The molecular formula is C41H46N4O4S. The number of rotatable bonds is 15. The van der Waals surface area contributed by atoms with Gasteiger partial charge in [0.25, 0.3) is 5.91 Å². The minimum absolute atomic E-state index is 0.0598. The van der Waals surface area contributed by atoms with E-state index in [2.05, 4.69) is 16.8 Å². The number of benzene rings is 4. The Hall–Kier alpha value is -4.73. The van der Waals surface area contributed by atoms with Gasteiger partial charge in [0.15, 0.2) is 0 Å². The molecule has 0 bridgehead atoms. The molecule has 1 aromatic heterocycles. The predicted octanol–water partition coefficient (Wildman–Crippen LogP) is 7.69. The van der Waals surface area contributed by atoms with Gasteiger partial charge >= 0.3 is 5.97 Å². The van der Waals surface area contributed by atoms with Crippen molar-refractivity contribution >= 4 is 39.8 Å². The van der Waals surface area contributed by atoms with Crippen LogP contribution in [0.25, 0.3) is 22.2 Å². The minimum atomic E-state index is -0.960. The number of carboxylic acid groups (broad SMARTS) is 1. The van der Waals surface area contributed by atoms with E-state index in [4.69, 9.17) is 10.7 Å². The lowest BCUT2D eigenvalue weighted by molar-refractivity contribution is -0.113. The summed E-state index contributed by atoms with van der Waals surface area (Å²) >= 11 is 1.19. The minimum Gasteiger partial charge on any atom is -0.478 e. The van der Waals surface area contributed by atoms with Crippen molar-refractivity contribution in [2.75, 3.05) is 5.75 Å². The lowest BCUT2D eigenvalue weighted by atomic mass is 9.98. The van der Waals surface area contributed by atoms with Crippen molar-refractivity contribution in [2.24, 2.45) is 11.7 Å². The molecule has 260 valence electrons. The molecule has 0 saturated carbocycles. The number of aryl methyl sites for hydroxylation is 2. The van der Waals surface area contributed by atoms with Gasteiger partial charge in [-0.05, 0) is 71.7 Å². The van der Waals surface area contributed by atoms with Crippen LogP contribution in [-0.4, -0.2) is 49.5 Å². The largest absolute Gasteiger partial charge is 0.478 e. The number of nitrogens with zero attached hydrogens (tertiary/aromatic N) is 2. The molecule has 9 heteroatoms. The van der Waals surface area contributed by atoms with Gasteiger partial charge < -0.3 is 20.7 Å². The standard InChI is InChI=1S/C41H46N4O4S/c1-5-12-36-44-38-27(4)21-31(39(46)43-32(22-28-13-8-7-9-14-28)25-50-41(49)37(42)26(3)6-2)23-35(38)45(36)24-29-17-19-30(20-18-29)33-15-10-11-16-34(33)40(47)48/h7-11,13-21,23,26,32,37H,5-6,12,22,24-25,42H2,1-4H3,(H,43,46)(H,47,48)/t26?,32-,37+/m1/s1. The summed E-state index contributed by atoms with van der Waals surface area (Å²) in [5.41, 5.74) is 13.3. The molecule has 0 spiro atoms. The highest BCUT2D eigenvalue weighted by Crippen LogP contribution is 2.27. The Labute approximate surface area is 298 Å². The average molecular weight is 691 g/mol. The predicted molar refractivity (Wildman–Crippen MR) is 203 cm³/mol. The van der Waals surface area contributed by atoms with E-state index in [1.54, 1.807) is 12.1 Å². The number of imidazole rings is 1. The van der Waals surface area contributed by atoms with Crippen molar-refractivity contribution < 1.29 is 19.5 Å². The van der Waals surface area contributed by atoms with E-state index < -0.39 is 12.0 Å². The van der Waals surface area contributed by atoms with Crippen molar-refractivity contribution in [2.45, 2.75) is 72.0 Å². The first kappa shape index (κ1) is 36.5. The number of aromatic nitrogens is 2. The quantitative estimate of drug-likeness (QED) is 0.103. The number of thioether (sulfide) groups is 1. The Balaban J connectivity index is 1.42. The maximum absolute atomic E-state index is 13.9. The molecule has 0 saturated heterocycles. The molecule has 1 amide bonds. The monoisotopic (exact) mass is 690 g/mol. The number of hydrogen-bond acceptors (Lipinski definition) is 6. The SMILES string of the molecule is CCCc1nc2c(C)cc(C(=O)N[C@@H](CSC(=O)[C@@H](N)C(C)CC)Cc3ccccc3)cc2n1Cc1ccc(-c2ccccc2C(=O)O)cc1. The van der Waals surface area contributed by atoms with Gasteiger partial charge in [0, 0.05) is 30.3 Å². The molecule has 4 aromatic carbocycles. The van der Waals surface area contributed by atoms with Crippen LogP contribution >= 0.6 is 11.8 Å². The van der Waals surface area contributed by atoms with Gasteiger partial charge in [-0.1, -0.05) is 112 Å². The zero-order valence-electron chi connectivity index (χ0n) is 29.2. The van der Waals surface area contributed by atoms with Crippen molar-refractivity contribution in [3.63, 3.8) is 0 Å². The van der Waals surface area contributed by atoms with E-state index >= 15 is 0 Å². The number of carboxylic acids is 1. The van der Waals surface area contributed by atoms with Gasteiger partial charge in [-0.3, -0.25) is 9.59 Å². The second-order valence-electron chi connectivity index (χ2n) is 13.0. The van der Waals surface area contributed by atoms with Crippen LogP contribution in [0.5, 0.6) is 0 Å². The van der Waals surface area contributed by atoms with E-state index in [0.717, 1.165) is 58.4 Å². The first-order valence-corrected chi connectivity index (χ1v) is 18.3. The number of amides is 1. The molecule has 1 unspecified atom stereocenters. The van der Waals surface area contributed by atoms with Crippen LogP contribution in [0.3, 0.4) is 0 Å². The fraction of sp³-hybridized carbons (Fsp3) is 0.317. The number of carbonyl (C=O) groups excluding carboxylic acids is 2. The van der Waals surface area contributed by atoms with Crippen LogP contribution in [0.1, 0.15) is 76.8 Å². The Morgan fingerprint density at radius 3 is 2.32 bits per heavy atom. The summed E-state index contributed by atoms with van der Waals surface area (Å²) in [6, 6.07) is 27.8. The zero-order chi connectivity index (χ0) is 35.8. The van der Waals surface area contributed by atoms with Gasteiger partial charge in [-0.25, -0.2) is 9.78 Å². The Kier molecular flexibility index (Phi) is 12.3. The van der Waals surface area contributed by atoms with E-state index in [1.165, 1.54) is 11.8 Å². The summed E-state index contributed by atoms with van der Waals surface area (Å²) in [5, 5.41) is 12.8. The Bertz CT molecular complexity index is 1960. The molecular weight excluding hydrogens is 645 g/mol. The summed E-state index contributed by atoms with van der Waals surface area (Å²) < 4.78 is 2.18. The van der Waals surface area contributed by atoms with Crippen molar-refractivity contribution in [1.29, 1.82) is 0 Å². The molecule has 1 heterocycles. The highest BCUT2D eigenvalue weighted by atomic mass is 32.2. The van der Waals surface area contributed by atoms with Crippen molar-refractivity contribution in [1.82, 2.24) is 14.9 Å². The molecule has 0 aliphatic heterocycles. The number of aromatic carboxylic acids is 1. The van der Waals surface area contributed by atoms with E-state index in [9.17, 15) is 19.5 Å². The molecule has 0 aliphatic rings. The third-order valence-corrected chi connectivity index (χ3v) is 10.4. The molecule has 0 aliphatic carbocycles. The van der Waals surface area contributed by atoms with E-state index in [1.807, 2.05) is 99.6 Å². The summed E-state index contributed by atoms with van der Waals surface area (Å²) in [5.74, 6) is 0.273. The summed E-state index contributed by atoms with van der Waals surface area (Å²) in [6.45, 7) is 8.65. The number of nitrogens with two attached hydrogens (primary N) is 1. The maximum Gasteiger partial charge on any atom is 0.336 e. The normalized spacial score (nSPS) is 13.1. The number of carbonyl (C=O) groups is 3. The van der Waals surface area contributed by atoms with Gasteiger partial charge in [-0.2, -0.15) is 0 Å². The van der Waals surface area contributed by atoms with Gasteiger partial charge in [-0.15, -0.1) is 0 Å². The maximum atomic E-state index is 13.9. The molecule has 0 fully saturated rings. The topological polar surface area (TPSA) is 127 Å². The van der Waals surface area contributed by atoms with E-state index in [0.29, 0.717) is 29.8 Å². The van der Waals surface area contributed by atoms with Gasteiger partial charge in [0.1, 0.15) is 5.82 Å². The van der Waals surface area contributed by atoms with Crippen LogP contribution in [0.15, 0.2) is 91.0 Å². The Morgan fingerprint density at radius 1 is 0.940 bits per heavy atom. The Morgan fingerprint density at radius 2 is 1.64 bits per heavy atom. The van der Waals surface area contributed by atoms with Crippen molar-refractivity contribution in [3.05, 3.63) is 125 Å². The third-order valence-electron chi connectivity index (χ3n) is 9.24. The van der Waals surface area contributed by atoms with E-state index in [-0.39, 0.29) is 28.5 Å². The molecule has 3 atom stereocenters. The lowest BCUT2D eigenvalue weighted by Gasteiger charge is -2.21. The summed E-state index contributed by atoms with van der Waals surface area (Å²) in [7, 11) is 0. The smallest absolute Gasteiger partial charge is 0.336 e. The average Bonchev–Trinajstić information content (AvgIpc) is 3.47. The van der Waals surface area contributed by atoms with Crippen LogP contribution in [0, 0.1) is 12.8 Å². The molecule has 0 radical (unpaired) electrons. The molecule has 4 N–H and O–H groups in total. The van der Waals surface area contributed by atoms with Crippen molar-refractivity contribution in [3.8, 4) is 11.1 Å². The fourth-order valence-electron chi connectivity index (χ4n) is 6.14. The van der Waals surface area contributed by atoms with Crippen LogP contribution < -0.4 is 11.1 Å². The second-order valence-corrected chi connectivity index (χ2v) is 14.0. The molecule has 5 aromatic rings. The number of hydrogen-bond donors (Lipinski definition) is 3. The van der Waals surface area contributed by atoms with Crippen LogP contribution in [0.4, 0.5) is 0 Å². The number of nitrogens with one attached hydrogen (secondary N) is 1. The molecule has 5 rings (SSSR count). The lowest BCUT2D eigenvalue weighted by Crippen LogP contribution is -2.40. The first-order chi connectivity index (χ1) is 24.1. The number of fused-ring (bicyclic) bond motifs is 1. The van der Waals surface area contributed by atoms with Gasteiger partial charge in [0.2, 0.25) is 5.12 Å². The van der Waals surface area contributed by atoms with Crippen LogP contribution in [-0.2, 0) is 24.2 Å². The summed E-state index contributed by atoms with van der Waals surface area (Å²) in [4.78, 5) is 43.6. The molecule has 50 heavy (non-hydrogen) atoms. The first-order valence-electron chi connectivity index (χ1n) is 17.3. The zero-order valence-corrected chi connectivity index (χ0v) is 30.0.